The number of carbonyl (C=O) groups is 1. The molecule has 0 aromatic heterocycles. The molecule has 3 N–H and O–H groups in total. The molecule has 0 amide bonds. The van der Waals surface area contributed by atoms with E-state index in [1.165, 1.54) is 4.90 Å². The van der Waals surface area contributed by atoms with Crippen molar-refractivity contribution in [2.24, 2.45) is 4.99 Å². The highest BCUT2D eigenvalue weighted by atomic mass is 35.5. The molecule has 1 heterocycles. The molecule has 0 bridgehead atoms. The van der Waals surface area contributed by atoms with Crippen molar-refractivity contribution in [2.45, 2.75) is 19.4 Å². The summed E-state index contributed by atoms with van der Waals surface area (Å²) in [5, 5.41) is 26.6. The second kappa shape index (κ2) is 7.82. The van der Waals surface area contributed by atoms with Gasteiger partial charge < -0.3 is 9.84 Å². The van der Waals surface area contributed by atoms with Gasteiger partial charge in [-0.2, -0.15) is 0 Å². The average molecular weight is 399 g/mol. The molecule has 0 spiro atoms. The summed E-state index contributed by atoms with van der Waals surface area (Å²) in [6.45, 7) is 1.55. The van der Waals surface area contributed by atoms with E-state index in [4.69, 9.17) is 27.2 Å². The second-order valence-electron chi connectivity index (χ2n) is 6.29. The van der Waals surface area contributed by atoms with E-state index in [0.717, 1.165) is 5.56 Å². The normalized spacial score (nSPS) is 16.1. The number of aliphatic carboxylic acids is 1. The summed E-state index contributed by atoms with van der Waals surface area (Å²) in [5.41, 5.74) is 2.46. The zero-order chi connectivity index (χ0) is 20.4. The Morgan fingerprint density at radius 3 is 2.54 bits per heavy atom. The van der Waals surface area contributed by atoms with Gasteiger partial charge in [0, 0.05) is 16.1 Å². The number of ether oxygens (including phenoxy) is 1. The number of benzodiazepines with no additional fused rings is 1. The molecule has 0 saturated heterocycles. The third-order valence-electron chi connectivity index (χ3n) is 4.36. The maximum absolute atomic E-state index is 11.4. The van der Waals surface area contributed by atoms with Gasteiger partial charge in [-0.15, -0.1) is 0 Å². The van der Waals surface area contributed by atoms with Crippen molar-refractivity contribution in [2.75, 3.05) is 12.0 Å². The van der Waals surface area contributed by atoms with Crippen LogP contribution in [0.25, 0.3) is 0 Å². The van der Waals surface area contributed by atoms with Gasteiger partial charge in [0.15, 0.2) is 0 Å². The Labute approximate surface area is 167 Å². The molecule has 0 saturated carbocycles. The van der Waals surface area contributed by atoms with Gasteiger partial charge in [0.05, 0.1) is 24.9 Å². The molecule has 1 unspecified atom stereocenters. The van der Waals surface area contributed by atoms with Crippen molar-refractivity contribution < 1.29 is 14.6 Å². The number of anilines is 1. The van der Waals surface area contributed by atoms with E-state index in [1.54, 1.807) is 56.5 Å². The van der Waals surface area contributed by atoms with Gasteiger partial charge >= 0.3 is 5.97 Å². The molecule has 3 rings (SSSR count). The first kappa shape index (κ1) is 19.6. The van der Waals surface area contributed by atoms with E-state index >= 15 is 0 Å². The van der Waals surface area contributed by atoms with Crippen molar-refractivity contribution in [1.82, 2.24) is 0 Å². The first-order valence-corrected chi connectivity index (χ1v) is 8.87. The van der Waals surface area contributed by atoms with Gasteiger partial charge in [-0.3, -0.25) is 25.5 Å². The average Bonchev–Trinajstić information content (AvgIpc) is 2.76. The molecule has 1 aliphatic heterocycles. The lowest BCUT2D eigenvalue weighted by atomic mass is 9.99. The second-order valence-corrected chi connectivity index (χ2v) is 6.72. The highest BCUT2D eigenvalue weighted by molar-refractivity contribution is 6.31. The Kier molecular flexibility index (Phi) is 5.46. The molecule has 7 nitrogen and oxygen atoms in total. The summed E-state index contributed by atoms with van der Waals surface area (Å²) >= 11 is 6.01. The molecule has 144 valence electrons. The maximum atomic E-state index is 11.4. The van der Waals surface area contributed by atoms with Crippen molar-refractivity contribution in [1.29, 1.82) is 10.8 Å². The predicted octanol–water partition coefficient (Wildman–Crippen LogP) is 3.82. The lowest BCUT2D eigenvalue weighted by Crippen LogP contribution is -2.41. The van der Waals surface area contributed by atoms with E-state index in [-0.39, 0.29) is 18.1 Å². The van der Waals surface area contributed by atoms with Crippen LogP contribution in [0.3, 0.4) is 0 Å². The third kappa shape index (κ3) is 3.75. The first-order chi connectivity index (χ1) is 13.3. The monoisotopic (exact) mass is 398 g/mol. The number of methoxy groups -OCH3 is 1. The minimum Gasteiger partial charge on any atom is -0.497 e. The topological polar surface area (TPSA) is 110 Å². The highest BCUT2D eigenvalue weighted by Crippen LogP contribution is 2.33. The summed E-state index contributed by atoms with van der Waals surface area (Å²) < 4.78 is 5.34. The molecule has 0 aliphatic carbocycles. The van der Waals surface area contributed by atoms with Crippen molar-refractivity contribution >= 4 is 40.6 Å². The number of rotatable bonds is 4. The number of amidine groups is 2. The minimum atomic E-state index is -1.07. The molecule has 28 heavy (non-hydrogen) atoms. The Morgan fingerprint density at radius 1 is 1.29 bits per heavy atom. The molecule has 2 aromatic carbocycles. The van der Waals surface area contributed by atoms with Gasteiger partial charge in [0.2, 0.25) is 0 Å². The molecule has 1 aliphatic rings. The SMILES string of the molecule is COc1ccc2c(c1)C(c1ccc(Cl)cc1)=NC(CC(=O)O)C(=N)N2C(C)=N. The minimum absolute atomic E-state index is 0.0646. The van der Waals surface area contributed by atoms with E-state index < -0.39 is 12.0 Å². The van der Waals surface area contributed by atoms with Crippen LogP contribution in [0.1, 0.15) is 24.5 Å². The Bertz CT molecular complexity index is 985. The van der Waals surface area contributed by atoms with Crippen LogP contribution in [-0.2, 0) is 4.79 Å². The largest absolute Gasteiger partial charge is 0.497 e. The van der Waals surface area contributed by atoms with Crippen LogP contribution < -0.4 is 9.64 Å². The molecule has 0 fully saturated rings. The fourth-order valence-corrected chi connectivity index (χ4v) is 3.22. The number of hydrogen-bond donors (Lipinski definition) is 3. The van der Waals surface area contributed by atoms with Crippen LogP contribution in [0.2, 0.25) is 5.02 Å². The smallest absolute Gasteiger partial charge is 0.305 e. The van der Waals surface area contributed by atoms with Crippen molar-refractivity contribution in [3.8, 4) is 5.75 Å². The van der Waals surface area contributed by atoms with Crippen LogP contribution in [0.5, 0.6) is 5.75 Å². The van der Waals surface area contributed by atoms with E-state index in [0.29, 0.717) is 27.7 Å². The zero-order valence-corrected chi connectivity index (χ0v) is 16.1. The number of fused-ring (bicyclic) bond motifs is 1. The number of halogens is 1. The van der Waals surface area contributed by atoms with Crippen LogP contribution in [0.15, 0.2) is 47.5 Å². The van der Waals surface area contributed by atoms with Crippen LogP contribution in [-0.4, -0.2) is 41.6 Å². The zero-order valence-electron chi connectivity index (χ0n) is 15.4. The summed E-state index contributed by atoms with van der Waals surface area (Å²) in [6.07, 6.45) is -0.356. The Balaban J connectivity index is 2.30. The summed E-state index contributed by atoms with van der Waals surface area (Å²) in [4.78, 5) is 17.4. The highest BCUT2D eigenvalue weighted by Gasteiger charge is 2.32. The van der Waals surface area contributed by atoms with Gasteiger partial charge in [0.1, 0.15) is 23.5 Å². The fourth-order valence-electron chi connectivity index (χ4n) is 3.10. The Morgan fingerprint density at radius 2 is 1.96 bits per heavy atom. The predicted molar refractivity (Wildman–Crippen MR) is 110 cm³/mol. The summed E-state index contributed by atoms with van der Waals surface area (Å²) in [6, 6.07) is 11.3. The first-order valence-electron chi connectivity index (χ1n) is 8.49. The van der Waals surface area contributed by atoms with Crippen LogP contribution in [0, 0.1) is 10.8 Å². The van der Waals surface area contributed by atoms with E-state index in [1.807, 2.05) is 0 Å². The molecule has 2 aromatic rings. The lowest BCUT2D eigenvalue weighted by Gasteiger charge is -2.26. The molecular weight excluding hydrogens is 380 g/mol. The molecule has 0 radical (unpaired) electrons. The van der Waals surface area contributed by atoms with Gasteiger partial charge in [-0.25, -0.2) is 0 Å². The number of hydrogen-bond acceptors (Lipinski definition) is 5. The van der Waals surface area contributed by atoms with E-state index in [2.05, 4.69) is 4.99 Å². The number of carboxylic acids is 1. The van der Waals surface area contributed by atoms with Gasteiger partial charge in [-0.05, 0) is 37.3 Å². The maximum Gasteiger partial charge on any atom is 0.305 e. The fraction of sp³-hybridized carbons (Fsp3) is 0.200. The number of nitrogens with one attached hydrogen (secondary N) is 2. The number of benzene rings is 2. The summed E-state index contributed by atoms with van der Waals surface area (Å²) in [7, 11) is 1.55. The Hall–Kier alpha value is -3.19. The van der Waals surface area contributed by atoms with Crippen LogP contribution >= 0.6 is 11.6 Å². The number of nitrogens with zero attached hydrogens (tertiary/aromatic N) is 2. The van der Waals surface area contributed by atoms with E-state index in [9.17, 15) is 9.90 Å². The quantitative estimate of drug-likeness (QED) is 0.537. The van der Waals surface area contributed by atoms with Crippen molar-refractivity contribution in [3.63, 3.8) is 0 Å². The number of carboxylic acid groups (broad SMARTS) is 1. The number of aliphatic imine (C=N–C) groups is 1. The standard InChI is InChI=1S/C20H19ClN4O3/c1-11(22)25-17-8-7-14(28-2)9-15(17)19(12-3-5-13(21)6-4-12)24-16(20(25)23)10-18(26)27/h3-9,16,22-23H,10H2,1-2H3,(H,26,27). The summed E-state index contributed by atoms with van der Waals surface area (Å²) in [5.74, 6) is -0.448. The molecule has 1 atom stereocenters. The lowest BCUT2D eigenvalue weighted by molar-refractivity contribution is -0.137. The molecule has 8 heteroatoms. The van der Waals surface area contributed by atoms with Crippen LogP contribution in [0.4, 0.5) is 5.69 Å². The van der Waals surface area contributed by atoms with Gasteiger partial charge in [-0.1, -0.05) is 23.7 Å². The van der Waals surface area contributed by atoms with Gasteiger partial charge in [0.25, 0.3) is 0 Å². The van der Waals surface area contributed by atoms with Crippen molar-refractivity contribution in [3.05, 3.63) is 58.6 Å². The third-order valence-corrected chi connectivity index (χ3v) is 4.61. The molecular formula is C20H19ClN4O3.